The highest BCUT2D eigenvalue weighted by Gasteiger charge is 2.53. The minimum Gasteiger partial charge on any atom is -0.480 e. The molecule has 5 nitrogen and oxygen atoms in total. The smallest absolute Gasteiger partial charge is 0.393 e. The Morgan fingerprint density at radius 2 is 1.85 bits per heavy atom. The normalized spacial score (nSPS) is 21.2. The average Bonchev–Trinajstić information content (AvgIpc) is 2.96. The molecule has 1 heterocycles. The number of carboxylic acids is 1. The number of nitrogens with zero attached hydrogens (tertiary/aromatic N) is 2. The molecule has 1 saturated heterocycles. The molecule has 2 atom stereocenters. The van der Waals surface area contributed by atoms with Gasteiger partial charge in [0.2, 0.25) is 5.91 Å². The Balaban J connectivity index is 2.20. The van der Waals surface area contributed by atoms with E-state index in [9.17, 15) is 22.8 Å². The molecule has 1 aromatic carbocycles. The summed E-state index contributed by atoms with van der Waals surface area (Å²) >= 11 is 0. The van der Waals surface area contributed by atoms with Gasteiger partial charge in [0.1, 0.15) is 6.54 Å². The van der Waals surface area contributed by atoms with Crippen molar-refractivity contribution in [2.75, 3.05) is 19.6 Å². The third-order valence-electron chi connectivity index (χ3n) is 4.59. The molecule has 2 rings (SSSR count). The molecule has 1 N–H and O–H groups in total. The van der Waals surface area contributed by atoms with E-state index in [4.69, 9.17) is 5.11 Å². The molecule has 144 valence electrons. The van der Waals surface area contributed by atoms with Crippen molar-refractivity contribution in [1.29, 1.82) is 0 Å². The van der Waals surface area contributed by atoms with E-state index in [1.165, 1.54) is 0 Å². The molecule has 0 unspecified atom stereocenters. The monoisotopic (exact) mass is 372 g/mol. The Kier molecular flexibility index (Phi) is 6.28. The predicted molar refractivity (Wildman–Crippen MR) is 89.2 cm³/mol. The van der Waals surface area contributed by atoms with Crippen LogP contribution in [0.5, 0.6) is 0 Å². The number of hydrogen-bond acceptors (Lipinski definition) is 3. The molecule has 0 bridgehead atoms. The maximum atomic E-state index is 13.5. The van der Waals surface area contributed by atoms with Crippen molar-refractivity contribution in [1.82, 2.24) is 9.80 Å². The number of rotatable bonds is 6. The van der Waals surface area contributed by atoms with Crippen LogP contribution in [0, 0.1) is 11.8 Å². The number of aliphatic carboxylic acids is 1. The van der Waals surface area contributed by atoms with Crippen LogP contribution in [0.25, 0.3) is 0 Å². The summed E-state index contributed by atoms with van der Waals surface area (Å²) in [5, 5.41) is 8.97. The van der Waals surface area contributed by atoms with Crippen molar-refractivity contribution in [2.45, 2.75) is 32.6 Å². The molecule has 1 aliphatic heterocycles. The lowest BCUT2D eigenvalue weighted by molar-refractivity contribution is -0.186. The lowest BCUT2D eigenvalue weighted by Crippen LogP contribution is -2.47. The van der Waals surface area contributed by atoms with Crippen LogP contribution in [0.3, 0.4) is 0 Å². The lowest BCUT2D eigenvalue weighted by atomic mass is 9.93. The van der Waals surface area contributed by atoms with Gasteiger partial charge in [0.05, 0.1) is 11.8 Å². The molecule has 26 heavy (non-hydrogen) atoms. The average molecular weight is 372 g/mol. The molecule has 0 spiro atoms. The standard InChI is InChI=1S/C18H23F3N2O3/c1-12(2)23(11-16(24)25)17(26)14-9-22(10-15(14)18(19,20)21)8-13-6-4-3-5-7-13/h3-7,12,14-15H,8-11H2,1-2H3,(H,24,25)/t14-,15-/m1/s1. The van der Waals surface area contributed by atoms with Crippen molar-refractivity contribution in [2.24, 2.45) is 11.8 Å². The van der Waals surface area contributed by atoms with Crippen molar-refractivity contribution >= 4 is 11.9 Å². The van der Waals surface area contributed by atoms with Gasteiger partial charge in [-0.05, 0) is 19.4 Å². The Hall–Kier alpha value is -2.09. The zero-order valence-corrected chi connectivity index (χ0v) is 14.7. The minimum atomic E-state index is -4.52. The van der Waals surface area contributed by atoms with Crippen LogP contribution in [0.15, 0.2) is 30.3 Å². The van der Waals surface area contributed by atoms with Crippen LogP contribution in [-0.2, 0) is 16.1 Å². The van der Waals surface area contributed by atoms with E-state index < -0.39 is 42.5 Å². The highest BCUT2D eigenvalue weighted by atomic mass is 19.4. The molecule has 0 aliphatic carbocycles. The number of halogens is 3. The van der Waals surface area contributed by atoms with Crippen LogP contribution in [0.4, 0.5) is 13.2 Å². The van der Waals surface area contributed by atoms with E-state index in [0.717, 1.165) is 10.5 Å². The predicted octanol–water partition coefficient (Wildman–Crippen LogP) is 2.62. The second kappa shape index (κ2) is 8.07. The van der Waals surface area contributed by atoms with E-state index in [-0.39, 0.29) is 13.1 Å². The summed E-state index contributed by atoms with van der Waals surface area (Å²) < 4.78 is 40.5. The molecule has 0 radical (unpaired) electrons. The summed E-state index contributed by atoms with van der Waals surface area (Å²) in [6, 6.07) is 8.59. The Morgan fingerprint density at radius 1 is 1.23 bits per heavy atom. The van der Waals surface area contributed by atoms with E-state index in [1.807, 2.05) is 30.3 Å². The first-order valence-corrected chi connectivity index (χ1v) is 8.45. The van der Waals surface area contributed by atoms with Gasteiger partial charge in [0.15, 0.2) is 0 Å². The molecule has 0 aromatic heterocycles. The summed E-state index contributed by atoms with van der Waals surface area (Å²) in [6.45, 7) is 2.60. The number of carbonyl (C=O) groups excluding carboxylic acids is 1. The van der Waals surface area contributed by atoms with Gasteiger partial charge >= 0.3 is 12.1 Å². The second-order valence-electron chi connectivity index (χ2n) is 6.89. The summed E-state index contributed by atoms with van der Waals surface area (Å²) in [5.74, 6) is -5.08. The highest BCUT2D eigenvalue weighted by Crippen LogP contribution is 2.39. The van der Waals surface area contributed by atoms with Crippen LogP contribution < -0.4 is 0 Å². The number of alkyl halides is 3. The molecule has 1 amide bonds. The minimum absolute atomic E-state index is 0.0409. The highest BCUT2D eigenvalue weighted by molar-refractivity contribution is 5.84. The first-order valence-electron chi connectivity index (χ1n) is 8.45. The van der Waals surface area contributed by atoms with Gasteiger partial charge < -0.3 is 10.0 Å². The number of likely N-dealkylation sites (tertiary alicyclic amines) is 1. The van der Waals surface area contributed by atoms with Crippen LogP contribution in [-0.4, -0.2) is 58.6 Å². The first kappa shape index (κ1) is 20.2. The van der Waals surface area contributed by atoms with Gasteiger partial charge in [-0.3, -0.25) is 14.5 Å². The third kappa shape index (κ3) is 4.97. The Morgan fingerprint density at radius 3 is 2.35 bits per heavy atom. The fraction of sp³-hybridized carbons (Fsp3) is 0.556. The zero-order valence-electron chi connectivity index (χ0n) is 14.7. The largest absolute Gasteiger partial charge is 0.480 e. The third-order valence-corrected chi connectivity index (χ3v) is 4.59. The fourth-order valence-corrected chi connectivity index (χ4v) is 3.31. The molecule has 8 heteroatoms. The van der Waals surface area contributed by atoms with Crippen molar-refractivity contribution in [3.05, 3.63) is 35.9 Å². The SMILES string of the molecule is CC(C)N(CC(=O)O)C(=O)[C@@H]1CN(Cc2ccccc2)C[C@H]1C(F)(F)F. The number of benzene rings is 1. The topological polar surface area (TPSA) is 60.9 Å². The molecule has 0 saturated carbocycles. The van der Waals surface area contributed by atoms with Crippen LogP contribution in [0.1, 0.15) is 19.4 Å². The van der Waals surface area contributed by atoms with E-state index in [0.29, 0.717) is 6.54 Å². The number of carbonyl (C=O) groups is 2. The number of carboxylic acid groups (broad SMARTS) is 1. The fourth-order valence-electron chi connectivity index (χ4n) is 3.31. The summed E-state index contributed by atoms with van der Waals surface area (Å²) in [7, 11) is 0. The van der Waals surface area contributed by atoms with Crippen molar-refractivity contribution in [3.8, 4) is 0 Å². The molecular formula is C18H23F3N2O3. The van der Waals surface area contributed by atoms with E-state index in [2.05, 4.69) is 0 Å². The van der Waals surface area contributed by atoms with Crippen LogP contribution in [0.2, 0.25) is 0 Å². The quantitative estimate of drug-likeness (QED) is 0.834. The van der Waals surface area contributed by atoms with Gasteiger partial charge in [-0.25, -0.2) is 0 Å². The summed E-state index contributed by atoms with van der Waals surface area (Å²) in [4.78, 5) is 26.3. The van der Waals surface area contributed by atoms with E-state index in [1.54, 1.807) is 18.7 Å². The van der Waals surface area contributed by atoms with Crippen molar-refractivity contribution < 1.29 is 27.9 Å². The summed E-state index contributed by atoms with van der Waals surface area (Å²) in [5.41, 5.74) is 0.868. The van der Waals surface area contributed by atoms with Crippen LogP contribution >= 0.6 is 0 Å². The first-order chi connectivity index (χ1) is 12.1. The van der Waals surface area contributed by atoms with Gasteiger partial charge in [-0.1, -0.05) is 30.3 Å². The molecular weight excluding hydrogens is 349 g/mol. The van der Waals surface area contributed by atoms with Gasteiger partial charge in [0.25, 0.3) is 0 Å². The maximum absolute atomic E-state index is 13.5. The molecule has 1 fully saturated rings. The lowest BCUT2D eigenvalue weighted by Gasteiger charge is -2.30. The Labute approximate surface area is 150 Å². The van der Waals surface area contributed by atoms with Gasteiger partial charge in [-0.15, -0.1) is 0 Å². The summed E-state index contributed by atoms with van der Waals surface area (Å²) in [6.07, 6.45) is -4.52. The molecule has 1 aromatic rings. The zero-order chi connectivity index (χ0) is 19.5. The number of hydrogen-bond donors (Lipinski definition) is 1. The van der Waals surface area contributed by atoms with E-state index >= 15 is 0 Å². The van der Waals surface area contributed by atoms with Crippen molar-refractivity contribution in [3.63, 3.8) is 0 Å². The van der Waals surface area contributed by atoms with Gasteiger partial charge in [-0.2, -0.15) is 13.2 Å². The Bertz CT molecular complexity index is 634. The number of amides is 1. The molecule has 1 aliphatic rings. The van der Waals surface area contributed by atoms with Gasteiger partial charge in [0, 0.05) is 25.7 Å². The maximum Gasteiger partial charge on any atom is 0.393 e. The second-order valence-corrected chi connectivity index (χ2v) is 6.89.